The summed E-state index contributed by atoms with van der Waals surface area (Å²) in [6.07, 6.45) is -0.270. The zero-order valence-corrected chi connectivity index (χ0v) is 27.2. The summed E-state index contributed by atoms with van der Waals surface area (Å²) in [4.78, 5) is 11.6. The number of aliphatic carboxylic acids is 1. The molecule has 4 nitrogen and oxygen atoms in total. The highest BCUT2D eigenvalue weighted by molar-refractivity contribution is 5.69. The van der Waals surface area contributed by atoms with Crippen molar-refractivity contribution < 1.29 is 59.6 Å². The number of unbranched alkanes of at least 4 members (excludes halogenated alkanes) is 5. The summed E-state index contributed by atoms with van der Waals surface area (Å²) in [7, 11) is 0. The average molecular weight is 703 g/mol. The van der Waals surface area contributed by atoms with Gasteiger partial charge in [0.2, 0.25) is 0 Å². The fraction of sp³-hybridized carbons (Fsp3) is 0.800. The zero-order valence-electron chi connectivity index (χ0n) is 27.2. The Balaban J connectivity index is 1.20. The molecule has 0 radical (unpaired) electrons. The second kappa shape index (κ2) is 14.6. The van der Waals surface area contributed by atoms with Crippen molar-refractivity contribution in [1.29, 1.82) is 0 Å². The first-order chi connectivity index (χ1) is 22.2. The molecule has 7 atom stereocenters. The number of hydrogen-bond donors (Lipinski definition) is 3. The van der Waals surface area contributed by atoms with E-state index in [0.717, 1.165) is 64.2 Å². The molecule has 1 aromatic rings. The lowest BCUT2D eigenvalue weighted by Gasteiger charge is -2.53. The van der Waals surface area contributed by atoms with Crippen LogP contribution in [0.25, 0.3) is 0 Å². The van der Waals surface area contributed by atoms with Gasteiger partial charge in [0.05, 0.1) is 12.0 Å². The van der Waals surface area contributed by atoms with E-state index in [1.54, 1.807) is 6.07 Å². The molecule has 48 heavy (non-hydrogen) atoms. The third-order valence-corrected chi connectivity index (χ3v) is 11.8. The molecule has 4 rings (SSSR count). The number of benzene rings is 1. The number of carboxylic acids is 1. The van der Waals surface area contributed by atoms with Crippen LogP contribution < -0.4 is 0 Å². The molecule has 2 saturated carbocycles. The summed E-state index contributed by atoms with van der Waals surface area (Å²) in [5.74, 6) is -19.9. The molecule has 0 aromatic heterocycles. The Morgan fingerprint density at radius 1 is 0.875 bits per heavy atom. The Hall–Kier alpha value is -2.18. The molecule has 0 bridgehead atoms. The first-order valence-corrected chi connectivity index (χ1v) is 17.2. The number of hydrogen-bond acceptors (Lipinski definition) is 3. The van der Waals surface area contributed by atoms with E-state index in [1.807, 2.05) is 6.07 Å². The topological polar surface area (TPSA) is 77.8 Å². The molecule has 0 aliphatic heterocycles. The molecular weight excluding hydrogens is 655 g/mol. The number of alkyl halides is 9. The van der Waals surface area contributed by atoms with Crippen molar-refractivity contribution in [1.82, 2.24) is 0 Å². The van der Waals surface area contributed by atoms with Gasteiger partial charge in [0.25, 0.3) is 0 Å². The summed E-state index contributed by atoms with van der Waals surface area (Å²) in [5.41, 5.74) is 2.45. The lowest BCUT2D eigenvalue weighted by Crippen LogP contribution is -2.60. The van der Waals surface area contributed by atoms with Crippen molar-refractivity contribution >= 4 is 5.97 Å². The van der Waals surface area contributed by atoms with Crippen LogP contribution in [0.15, 0.2) is 18.2 Å². The van der Waals surface area contributed by atoms with Crippen LogP contribution in [-0.2, 0) is 11.2 Å². The second-order valence-electron chi connectivity index (χ2n) is 14.8. The van der Waals surface area contributed by atoms with Crippen molar-refractivity contribution in [3.05, 3.63) is 29.3 Å². The van der Waals surface area contributed by atoms with Gasteiger partial charge < -0.3 is 15.3 Å². The van der Waals surface area contributed by atoms with E-state index in [1.165, 1.54) is 11.1 Å². The highest BCUT2D eigenvalue weighted by Gasteiger charge is 2.81. The van der Waals surface area contributed by atoms with Gasteiger partial charge in [-0.05, 0) is 110 Å². The fourth-order valence-electron chi connectivity index (χ4n) is 9.06. The van der Waals surface area contributed by atoms with Crippen LogP contribution >= 0.6 is 0 Å². The molecule has 2 fully saturated rings. The number of phenolic OH excluding ortho intramolecular Hbond substituents is 1. The Morgan fingerprint density at radius 2 is 1.50 bits per heavy atom. The minimum Gasteiger partial charge on any atom is -0.508 e. The van der Waals surface area contributed by atoms with Crippen LogP contribution in [0.3, 0.4) is 0 Å². The third-order valence-electron chi connectivity index (χ3n) is 11.8. The molecule has 274 valence electrons. The van der Waals surface area contributed by atoms with E-state index in [2.05, 4.69) is 13.0 Å². The Morgan fingerprint density at radius 3 is 2.15 bits per heavy atom. The van der Waals surface area contributed by atoms with Crippen LogP contribution in [0.5, 0.6) is 5.75 Å². The number of aliphatic hydroxyl groups is 1. The normalized spacial score (nSPS) is 28.4. The first-order valence-electron chi connectivity index (χ1n) is 17.2. The van der Waals surface area contributed by atoms with E-state index < -0.39 is 55.1 Å². The molecule has 3 N–H and O–H groups in total. The van der Waals surface area contributed by atoms with Crippen molar-refractivity contribution in [3.8, 4) is 5.75 Å². The maximum absolute atomic E-state index is 13.8. The number of aromatic hydroxyl groups is 1. The average Bonchev–Trinajstić information content (AvgIpc) is 3.29. The second-order valence-corrected chi connectivity index (χ2v) is 14.8. The predicted octanol–water partition coefficient (Wildman–Crippen LogP) is 10.3. The van der Waals surface area contributed by atoms with Gasteiger partial charge >= 0.3 is 29.9 Å². The summed E-state index contributed by atoms with van der Waals surface area (Å²) in [6.45, 7) is 2.23. The van der Waals surface area contributed by atoms with Gasteiger partial charge in [-0.2, -0.15) is 39.5 Å². The summed E-state index contributed by atoms with van der Waals surface area (Å²) < 4.78 is 118. The molecule has 0 heterocycles. The standard InChI is InChI=1S/C35H47F9O4/c1-31-18-16-26-25-13-12-24(45)20-23(25)19-22(29(26)27(31)14-15-28(31)46)10-7-5-3-2-4-6-9-21(30(47)48)11-8-17-32(36,37)33(38,39)34(40,41)35(42,43)44/h12-13,20-22,26-29,45-46H,2-11,14-19H2,1H3,(H,47,48)/t21?,22-,26?,27?,28+,29?,31+/m1/s1. The van der Waals surface area contributed by atoms with E-state index >= 15 is 0 Å². The number of fused-ring (bicyclic) bond motifs is 5. The molecule has 0 spiro atoms. The summed E-state index contributed by atoms with van der Waals surface area (Å²) in [6, 6.07) is 5.71. The Bertz CT molecular complexity index is 1250. The van der Waals surface area contributed by atoms with Crippen molar-refractivity contribution in [2.24, 2.45) is 29.1 Å². The maximum atomic E-state index is 13.8. The van der Waals surface area contributed by atoms with Crippen molar-refractivity contribution in [3.63, 3.8) is 0 Å². The highest BCUT2D eigenvalue weighted by atomic mass is 19.4. The first kappa shape index (κ1) is 38.6. The molecule has 13 heteroatoms. The minimum absolute atomic E-state index is 0.0411. The number of phenols is 1. The molecule has 3 aliphatic carbocycles. The SMILES string of the molecule is C[C@]12CCC3c4ccc(O)cc4C[C@@H](CCCCCCCCC(CCCC(F)(F)C(F)(F)C(F)(F)C(F)(F)F)C(=O)O)C3C1CC[C@@H]2O. The zero-order chi connectivity index (χ0) is 35.7. The van der Waals surface area contributed by atoms with Gasteiger partial charge in [-0.15, -0.1) is 0 Å². The predicted molar refractivity (Wildman–Crippen MR) is 160 cm³/mol. The molecular formula is C35H47F9O4. The quantitative estimate of drug-likeness (QED) is 0.118. The summed E-state index contributed by atoms with van der Waals surface area (Å²) >= 11 is 0. The lowest BCUT2D eigenvalue weighted by molar-refractivity contribution is -0.396. The van der Waals surface area contributed by atoms with Crippen LogP contribution in [0.4, 0.5) is 39.5 Å². The molecule has 0 saturated heterocycles. The lowest BCUT2D eigenvalue weighted by atomic mass is 9.52. The molecule has 1 aromatic carbocycles. The monoisotopic (exact) mass is 702 g/mol. The van der Waals surface area contributed by atoms with Gasteiger partial charge in [-0.1, -0.05) is 51.5 Å². The van der Waals surface area contributed by atoms with Crippen molar-refractivity contribution in [2.45, 2.75) is 146 Å². The third kappa shape index (κ3) is 7.60. The molecule has 4 unspecified atom stereocenters. The van der Waals surface area contributed by atoms with Crippen LogP contribution in [-0.4, -0.2) is 51.3 Å². The maximum Gasteiger partial charge on any atom is 0.460 e. The van der Waals surface area contributed by atoms with Gasteiger partial charge in [0.1, 0.15) is 5.75 Å². The number of carbonyl (C=O) groups is 1. The Labute approximate surface area is 275 Å². The van der Waals surface area contributed by atoms with Crippen LogP contribution in [0.1, 0.15) is 120 Å². The van der Waals surface area contributed by atoms with Crippen LogP contribution in [0.2, 0.25) is 0 Å². The number of halogens is 9. The fourth-order valence-corrected chi connectivity index (χ4v) is 9.06. The highest BCUT2D eigenvalue weighted by Crippen LogP contribution is 2.63. The van der Waals surface area contributed by atoms with E-state index in [-0.39, 0.29) is 23.7 Å². The van der Waals surface area contributed by atoms with Gasteiger partial charge in [-0.25, -0.2) is 0 Å². The Kier molecular flexibility index (Phi) is 11.7. The van der Waals surface area contributed by atoms with Gasteiger partial charge in [0, 0.05) is 6.42 Å². The van der Waals surface area contributed by atoms with E-state index in [0.29, 0.717) is 36.5 Å². The smallest absolute Gasteiger partial charge is 0.460 e. The van der Waals surface area contributed by atoms with E-state index in [4.69, 9.17) is 0 Å². The summed E-state index contributed by atoms with van der Waals surface area (Å²) in [5, 5.41) is 30.4. The van der Waals surface area contributed by atoms with Crippen LogP contribution in [0, 0.1) is 29.1 Å². The largest absolute Gasteiger partial charge is 0.508 e. The minimum atomic E-state index is -6.94. The number of rotatable bonds is 16. The number of carboxylic acid groups (broad SMARTS) is 1. The van der Waals surface area contributed by atoms with Crippen molar-refractivity contribution in [2.75, 3.05) is 0 Å². The van der Waals surface area contributed by atoms with Gasteiger partial charge in [0.15, 0.2) is 0 Å². The van der Waals surface area contributed by atoms with E-state index in [9.17, 15) is 59.6 Å². The molecule has 0 amide bonds. The van der Waals surface area contributed by atoms with Gasteiger partial charge in [-0.3, -0.25) is 4.79 Å². The molecule has 3 aliphatic rings. The number of aliphatic hydroxyl groups excluding tert-OH is 1.